The molecule has 0 fully saturated rings. The maximum absolute atomic E-state index is 9.57. The quantitative estimate of drug-likeness (QED) is 0.624. The van der Waals surface area contributed by atoms with Gasteiger partial charge in [0.15, 0.2) is 0 Å². The molecular formula is C15H12LiNO. The monoisotopic (exact) mass is 229 g/mol. The molecular weight excluding hydrogens is 217 g/mol. The number of aromatic nitrogens is 1. The van der Waals surface area contributed by atoms with Gasteiger partial charge in [0.2, 0.25) is 0 Å². The number of rotatable bonds is 1. The van der Waals surface area contributed by atoms with E-state index >= 15 is 0 Å². The van der Waals surface area contributed by atoms with E-state index in [1.807, 2.05) is 30.3 Å². The van der Waals surface area contributed by atoms with Crippen LogP contribution in [0.15, 0.2) is 60.8 Å². The average molecular weight is 229 g/mol. The predicted molar refractivity (Wildman–Crippen MR) is 70.0 cm³/mol. The van der Waals surface area contributed by atoms with E-state index in [-0.39, 0.29) is 26.0 Å². The minimum atomic E-state index is 0. The molecule has 0 radical (unpaired) electrons. The Balaban J connectivity index is 0.000000902. The first-order chi connectivity index (χ1) is 8.34. The molecule has 18 heavy (non-hydrogen) atoms. The van der Waals surface area contributed by atoms with Gasteiger partial charge in [0.1, 0.15) is 5.75 Å². The van der Waals surface area contributed by atoms with Gasteiger partial charge in [-0.25, -0.2) is 0 Å². The predicted octanol–water partition coefficient (Wildman–Crippen LogP) is 0.724. The zero-order valence-corrected chi connectivity index (χ0v) is 10.2. The van der Waals surface area contributed by atoms with Crippen LogP contribution in [-0.2, 0) is 0 Å². The van der Waals surface area contributed by atoms with Crippen LogP contribution in [0.2, 0.25) is 0 Å². The Kier molecular flexibility index (Phi) is 3.71. The van der Waals surface area contributed by atoms with Gasteiger partial charge in [-0.05, 0) is 35.4 Å². The molecule has 1 heterocycles. The third kappa shape index (κ3) is 2.26. The molecule has 0 aliphatic heterocycles. The molecule has 0 saturated carbocycles. The van der Waals surface area contributed by atoms with Gasteiger partial charge < -0.3 is 6.53 Å². The summed E-state index contributed by atoms with van der Waals surface area (Å²) in [4.78, 5) is 4.30. The molecule has 0 atom stereocenters. The zero-order valence-electron chi connectivity index (χ0n) is 11.2. The number of nitrogens with zero attached hydrogens (tertiary/aromatic N) is 1. The number of fused-ring (bicyclic) bond motifs is 1. The number of pyridine rings is 1. The normalized spacial score (nSPS) is 10.0. The summed E-state index contributed by atoms with van der Waals surface area (Å²) >= 11 is 0. The van der Waals surface area contributed by atoms with Crippen LogP contribution < -0.4 is 18.9 Å². The summed E-state index contributed by atoms with van der Waals surface area (Å²) in [6, 6.07) is 17.3. The van der Waals surface area contributed by atoms with Gasteiger partial charge in [0.05, 0.1) is 5.52 Å². The molecule has 84 valence electrons. The first-order valence-corrected chi connectivity index (χ1v) is 5.48. The summed E-state index contributed by atoms with van der Waals surface area (Å²) in [6.07, 6.45) is 1.79. The number of hydrogen-bond acceptors (Lipinski definition) is 2. The second kappa shape index (κ2) is 5.26. The first-order valence-electron chi connectivity index (χ1n) is 5.48. The third-order valence-electron chi connectivity index (χ3n) is 2.81. The van der Waals surface area contributed by atoms with Crippen LogP contribution in [0.4, 0.5) is 0 Å². The van der Waals surface area contributed by atoms with Crippen molar-refractivity contribution in [2.24, 2.45) is 0 Å². The van der Waals surface area contributed by atoms with Crippen LogP contribution in [0.25, 0.3) is 22.0 Å². The fourth-order valence-corrected chi connectivity index (χ4v) is 2.00. The topological polar surface area (TPSA) is 33.1 Å². The zero-order chi connectivity index (χ0) is 11.7. The molecule has 0 aliphatic carbocycles. The van der Waals surface area contributed by atoms with E-state index in [0.717, 1.165) is 22.0 Å². The summed E-state index contributed by atoms with van der Waals surface area (Å²) in [7, 11) is 0. The molecule has 1 N–H and O–H groups in total. The van der Waals surface area contributed by atoms with Gasteiger partial charge >= 0.3 is 18.9 Å². The van der Waals surface area contributed by atoms with E-state index in [2.05, 4.69) is 17.1 Å². The third-order valence-corrected chi connectivity index (χ3v) is 2.81. The number of phenols is 1. The van der Waals surface area contributed by atoms with Crippen LogP contribution >= 0.6 is 0 Å². The summed E-state index contributed by atoms with van der Waals surface area (Å²) in [5.41, 5.74) is 3.11. The molecule has 0 amide bonds. The maximum Gasteiger partial charge on any atom is 1.00 e. The standard InChI is InChI=1S/C15H11NO.Li.H/c17-12-6-7-15-14(10-12)13(8-9-16-15)11-4-2-1-3-5-11;;/h1-10,17H;;/q;+1;-1. The van der Waals surface area contributed by atoms with E-state index in [9.17, 15) is 5.11 Å². The van der Waals surface area contributed by atoms with Crippen molar-refractivity contribution >= 4 is 10.9 Å². The summed E-state index contributed by atoms with van der Waals surface area (Å²) in [6.45, 7) is 0. The van der Waals surface area contributed by atoms with Gasteiger partial charge in [-0.2, -0.15) is 0 Å². The Morgan fingerprint density at radius 3 is 2.50 bits per heavy atom. The fraction of sp³-hybridized carbons (Fsp3) is 0. The first kappa shape index (κ1) is 12.7. The Morgan fingerprint density at radius 2 is 1.72 bits per heavy atom. The van der Waals surface area contributed by atoms with Crippen molar-refractivity contribution < 1.29 is 25.4 Å². The van der Waals surface area contributed by atoms with Crippen molar-refractivity contribution in [3.05, 3.63) is 60.8 Å². The second-order valence-electron chi connectivity index (χ2n) is 3.93. The van der Waals surface area contributed by atoms with Crippen molar-refractivity contribution in [2.75, 3.05) is 0 Å². The van der Waals surface area contributed by atoms with E-state index < -0.39 is 0 Å². The van der Waals surface area contributed by atoms with Crippen LogP contribution in [-0.4, -0.2) is 10.1 Å². The molecule has 0 spiro atoms. The molecule has 0 aliphatic rings. The SMILES string of the molecule is Oc1ccc2nccc(-c3ccccc3)c2c1.[H-].[Li+]. The summed E-state index contributed by atoms with van der Waals surface area (Å²) in [5, 5.41) is 10.5. The number of benzene rings is 2. The van der Waals surface area contributed by atoms with E-state index in [0.29, 0.717) is 0 Å². The smallest absolute Gasteiger partial charge is 1.00 e. The fourth-order valence-electron chi connectivity index (χ4n) is 2.00. The van der Waals surface area contributed by atoms with Crippen molar-refractivity contribution in [3.8, 4) is 16.9 Å². The van der Waals surface area contributed by atoms with Crippen molar-refractivity contribution in [2.45, 2.75) is 0 Å². The Bertz CT molecular complexity index is 673. The molecule has 3 aromatic rings. The molecule has 2 nitrogen and oxygen atoms in total. The van der Waals surface area contributed by atoms with Crippen LogP contribution in [0, 0.1) is 0 Å². The van der Waals surface area contributed by atoms with Gasteiger partial charge in [-0.3, -0.25) is 4.98 Å². The number of aromatic hydroxyl groups is 1. The Labute approximate surface area is 119 Å². The molecule has 0 saturated heterocycles. The van der Waals surface area contributed by atoms with E-state index in [1.54, 1.807) is 18.3 Å². The Morgan fingerprint density at radius 1 is 0.944 bits per heavy atom. The molecule has 1 aromatic heterocycles. The minimum absolute atomic E-state index is 0. The molecule has 0 bridgehead atoms. The van der Waals surface area contributed by atoms with Gasteiger partial charge in [-0.1, -0.05) is 30.3 Å². The Hall–Kier alpha value is -1.75. The van der Waals surface area contributed by atoms with Crippen LogP contribution in [0.3, 0.4) is 0 Å². The van der Waals surface area contributed by atoms with E-state index in [4.69, 9.17) is 0 Å². The average Bonchev–Trinajstić information content (AvgIpc) is 2.39. The van der Waals surface area contributed by atoms with E-state index in [1.165, 1.54) is 0 Å². The van der Waals surface area contributed by atoms with Crippen LogP contribution in [0.1, 0.15) is 1.43 Å². The molecule has 3 heteroatoms. The molecule has 0 unspecified atom stereocenters. The summed E-state index contributed by atoms with van der Waals surface area (Å²) < 4.78 is 0. The molecule has 3 rings (SSSR count). The van der Waals surface area contributed by atoms with Gasteiger partial charge in [-0.15, -0.1) is 0 Å². The van der Waals surface area contributed by atoms with Gasteiger partial charge in [0.25, 0.3) is 0 Å². The largest absolute Gasteiger partial charge is 1.00 e. The second-order valence-corrected chi connectivity index (χ2v) is 3.93. The number of hydrogen-bond donors (Lipinski definition) is 1. The summed E-state index contributed by atoms with van der Waals surface area (Å²) in [5.74, 6) is 0.266. The van der Waals surface area contributed by atoms with Crippen molar-refractivity contribution in [3.63, 3.8) is 0 Å². The number of phenolic OH excluding ortho intramolecular Hbond substituents is 1. The van der Waals surface area contributed by atoms with Crippen LogP contribution in [0.5, 0.6) is 5.75 Å². The maximum atomic E-state index is 9.57. The van der Waals surface area contributed by atoms with Crippen molar-refractivity contribution in [1.29, 1.82) is 0 Å². The van der Waals surface area contributed by atoms with Gasteiger partial charge in [0, 0.05) is 11.6 Å². The van der Waals surface area contributed by atoms with Crippen molar-refractivity contribution in [1.82, 2.24) is 4.98 Å². The molecule has 2 aromatic carbocycles. The minimum Gasteiger partial charge on any atom is -1.00 e.